The molecule has 0 amide bonds. The van der Waals surface area contributed by atoms with Gasteiger partial charge in [0.2, 0.25) is 0 Å². The highest BCUT2D eigenvalue weighted by molar-refractivity contribution is 7.12. The van der Waals surface area contributed by atoms with Gasteiger partial charge in [-0.15, -0.1) is 11.3 Å². The van der Waals surface area contributed by atoms with Crippen LogP contribution in [0.2, 0.25) is 0 Å². The third-order valence-corrected chi connectivity index (χ3v) is 2.99. The Morgan fingerprint density at radius 3 is 2.47 bits per heavy atom. The second-order valence-electron chi connectivity index (χ2n) is 3.14. The summed E-state index contributed by atoms with van der Waals surface area (Å²) >= 11 is 0.981. The van der Waals surface area contributed by atoms with Crippen LogP contribution in [0.5, 0.6) is 0 Å². The number of carbonyl (C=O) groups is 1. The van der Waals surface area contributed by atoms with Crippen LogP contribution in [-0.4, -0.2) is 17.3 Å². The first-order valence-electron chi connectivity index (χ1n) is 4.15. The van der Waals surface area contributed by atoms with E-state index in [9.17, 15) is 18.0 Å². The van der Waals surface area contributed by atoms with Gasteiger partial charge in [-0.25, -0.2) is 0 Å². The van der Waals surface area contributed by atoms with Crippen molar-refractivity contribution < 1.29 is 23.1 Å². The van der Waals surface area contributed by atoms with E-state index in [1.165, 1.54) is 6.07 Å². The molecule has 1 N–H and O–H groups in total. The number of halogens is 3. The molecule has 84 valence electrons. The number of hydrogen-bond donors (Lipinski definition) is 1. The SMILES string of the molecule is Cc1ccc([C@@H](CC(=O)O)C(F)(F)F)s1. The van der Waals surface area contributed by atoms with Gasteiger partial charge in [0.25, 0.3) is 0 Å². The third-order valence-electron chi connectivity index (χ3n) is 1.88. The second-order valence-corrected chi connectivity index (χ2v) is 4.46. The van der Waals surface area contributed by atoms with Crippen LogP contribution in [0, 0.1) is 6.92 Å². The Kier molecular flexibility index (Phi) is 3.38. The summed E-state index contributed by atoms with van der Waals surface area (Å²) < 4.78 is 37.6. The number of aliphatic carboxylic acids is 1. The van der Waals surface area contributed by atoms with Crippen molar-refractivity contribution in [3.63, 3.8) is 0 Å². The Hall–Kier alpha value is -1.04. The summed E-state index contributed by atoms with van der Waals surface area (Å²) in [6, 6.07) is 2.89. The van der Waals surface area contributed by atoms with Gasteiger partial charge in [-0.3, -0.25) is 4.79 Å². The molecule has 0 aliphatic carbocycles. The van der Waals surface area contributed by atoms with Crippen LogP contribution in [0.25, 0.3) is 0 Å². The Morgan fingerprint density at radius 2 is 2.13 bits per heavy atom. The minimum Gasteiger partial charge on any atom is -0.481 e. The molecule has 0 spiro atoms. The van der Waals surface area contributed by atoms with Crippen molar-refractivity contribution in [2.75, 3.05) is 0 Å². The van der Waals surface area contributed by atoms with E-state index in [1.54, 1.807) is 13.0 Å². The number of hydrogen-bond acceptors (Lipinski definition) is 2. The standard InChI is InChI=1S/C9H9F3O2S/c1-5-2-3-7(15-5)6(4-8(13)14)9(10,11)12/h2-3,6H,4H2,1H3,(H,13,14)/t6-/m1/s1. The van der Waals surface area contributed by atoms with E-state index in [0.717, 1.165) is 16.2 Å². The lowest BCUT2D eigenvalue weighted by molar-refractivity contribution is -0.162. The maximum Gasteiger partial charge on any atom is 0.397 e. The van der Waals surface area contributed by atoms with E-state index in [1.807, 2.05) is 0 Å². The van der Waals surface area contributed by atoms with E-state index in [4.69, 9.17) is 5.11 Å². The van der Waals surface area contributed by atoms with Crippen LogP contribution in [0.4, 0.5) is 13.2 Å². The fourth-order valence-electron chi connectivity index (χ4n) is 1.19. The zero-order valence-corrected chi connectivity index (χ0v) is 8.65. The summed E-state index contributed by atoms with van der Waals surface area (Å²) in [7, 11) is 0. The van der Waals surface area contributed by atoms with Gasteiger partial charge in [-0.05, 0) is 19.1 Å². The lowest BCUT2D eigenvalue weighted by atomic mass is 10.0. The Balaban J connectivity index is 2.96. The van der Waals surface area contributed by atoms with Gasteiger partial charge >= 0.3 is 12.1 Å². The van der Waals surface area contributed by atoms with Gasteiger partial charge < -0.3 is 5.11 Å². The first-order chi connectivity index (χ1) is 6.80. The molecule has 1 atom stereocenters. The first-order valence-corrected chi connectivity index (χ1v) is 4.97. The van der Waals surface area contributed by atoms with E-state index in [-0.39, 0.29) is 4.88 Å². The number of rotatable bonds is 3. The van der Waals surface area contributed by atoms with E-state index >= 15 is 0 Å². The molecule has 0 aliphatic heterocycles. The van der Waals surface area contributed by atoms with E-state index in [2.05, 4.69) is 0 Å². The lowest BCUT2D eigenvalue weighted by Crippen LogP contribution is -2.22. The van der Waals surface area contributed by atoms with Gasteiger partial charge in [0.1, 0.15) is 0 Å². The summed E-state index contributed by atoms with van der Waals surface area (Å²) in [5.41, 5.74) is 0. The van der Waals surface area contributed by atoms with Gasteiger partial charge in [0, 0.05) is 9.75 Å². The second kappa shape index (κ2) is 4.22. The molecule has 0 aliphatic rings. The van der Waals surface area contributed by atoms with Crippen molar-refractivity contribution in [3.05, 3.63) is 21.9 Å². The van der Waals surface area contributed by atoms with Crippen LogP contribution in [0.1, 0.15) is 22.1 Å². The average molecular weight is 238 g/mol. The number of aryl methyl sites for hydroxylation is 1. The molecule has 15 heavy (non-hydrogen) atoms. The molecule has 0 saturated heterocycles. The molecule has 1 aromatic heterocycles. The summed E-state index contributed by atoms with van der Waals surface area (Å²) in [6.45, 7) is 1.68. The van der Waals surface area contributed by atoms with Crippen LogP contribution < -0.4 is 0 Å². The maximum absolute atomic E-state index is 12.5. The number of alkyl halides is 3. The molecule has 0 aromatic carbocycles. The monoisotopic (exact) mass is 238 g/mol. The minimum absolute atomic E-state index is 0.0578. The molecule has 1 rings (SSSR count). The number of carboxylic acid groups (broad SMARTS) is 1. The molecule has 0 radical (unpaired) electrons. The highest BCUT2D eigenvalue weighted by Gasteiger charge is 2.42. The zero-order valence-electron chi connectivity index (χ0n) is 7.84. The Morgan fingerprint density at radius 1 is 1.53 bits per heavy atom. The van der Waals surface area contributed by atoms with Gasteiger partial charge in [0.05, 0.1) is 12.3 Å². The highest BCUT2D eigenvalue weighted by Crippen LogP contribution is 2.40. The number of carboxylic acids is 1. The van der Waals surface area contributed by atoms with Crippen LogP contribution >= 0.6 is 11.3 Å². The van der Waals surface area contributed by atoms with E-state index < -0.39 is 24.5 Å². The van der Waals surface area contributed by atoms with Crippen molar-refractivity contribution in [2.45, 2.75) is 25.4 Å². The quantitative estimate of drug-likeness (QED) is 0.878. The smallest absolute Gasteiger partial charge is 0.397 e. The lowest BCUT2D eigenvalue weighted by Gasteiger charge is -2.16. The van der Waals surface area contributed by atoms with Gasteiger partial charge in [-0.1, -0.05) is 0 Å². The predicted octanol–water partition coefficient (Wildman–Crippen LogP) is 3.18. The van der Waals surface area contributed by atoms with Gasteiger partial charge in [-0.2, -0.15) is 13.2 Å². The fraction of sp³-hybridized carbons (Fsp3) is 0.444. The Bertz CT molecular complexity index is 356. The summed E-state index contributed by atoms with van der Waals surface area (Å²) in [5.74, 6) is -3.34. The van der Waals surface area contributed by atoms with Crippen molar-refractivity contribution in [3.8, 4) is 0 Å². The van der Waals surface area contributed by atoms with Crippen LogP contribution in [0.3, 0.4) is 0 Å². The van der Waals surface area contributed by atoms with Crippen LogP contribution in [0.15, 0.2) is 12.1 Å². The van der Waals surface area contributed by atoms with Crippen molar-refractivity contribution in [2.24, 2.45) is 0 Å². The zero-order chi connectivity index (χ0) is 11.6. The molecule has 6 heteroatoms. The summed E-state index contributed by atoms with van der Waals surface area (Å²) in [4.78, 5) is 11.1. The Labute approximate surface area is 88.3 Å². The third kappa shape index (κ3) is 3.23. The normalized spacial score (nSPS) is 13.9. The van der Waals surface area contributed by atoms with Crippen molar-refractivity contribution in [1.82, 2.24) is 0 Å². The summed E-state index contributed by atoms with van der Waals surface area (Å²) in [5, 5.41) is 8.42. The topological polar surface area (TPSA) is 37.3 Å². The maximum atomic E-state index is 12.5. The van der Waals surface area contributed by atoms with Gasteiger partial charge in [0.15, 0.2) is 0 Å². The van der Waals surface area contributed by atoms with Crippen molar-refractivity contribution >= 4 is 17.3 Å². The molecule has 1 heterocycles. The molecule has 0 fully saturated rings. The minimum atomic E-state index is -4.50. The summed E-state index contributed by atoms with van der Waals surface area (Å²) in [6.07, 6.45) is -5.42. The molecule has 0 bridgehead atoms. The predicted molar refractivity (Wildman–Crippen MR) is 50.1 cm³/mol. The van der Waals surface area contributed by atoms with Crippen LogP contribution in [-0.2, 0) is 4.79 Å². The molecule has 1 aromatic rings. The first kappa shape index (κ1) is 12.0. The molecule has 2 nitrogen and oxygen atoms in total. The largest absolute Gasteiger partial charge is 0.481 e. The molecule has 0 saturated carbocycles. The molecular formula is C9H9F3O2S. The van der Waals surface area contributed by atoms with E-state index in [0.29, 0.717) is 0 Å². The number of thiophene rings is 1. The average Bonchev–Trinajstić information content (AvgIpc) is 2.45. The molecule has 0 unspecified atom stereocenters. The highest BCUT2D eigenvalue weighted by atomic mass is 32.1. The fourth-order valence-corrected chi connectivity index (χ4v) is 2.20. The molecular weight excluding hydrogens is 229 g/mol. The van der Waals surface area contributed by atoms with Crippen molar-refractivity contribution in [1.29, 1.82) is 0 Å².